The number of carbonyl (C=O) groups is 1. The van der Waals surface area contributed by atoms with Crippen molar-refractivity contribution in [3.8, 4) is 0 Å². The first-order valence-electron chi connectivity index (χ1n) is 7.75. The standard InChI is InChI=1S/C18H12ClF4N3O/c1-9-10-4-2-3-5-14(10)25-18(24-9)26(15(27)7-19)8-11-16(22)12(20)6-13(21)17(11)23/h2-6H,7-8H2,1H3. The predicted molar refractivity (Wildman–Crippen MR) is 92.5 cm³/mol. The monoisotopic (exact) mass is 397 g/mol. The van der Waals surface area contributed by atoms with Crippen LogP contribution in [0.2, 0.25) is 0 Å². The number of nitrogens with zero attached hydrogens (tertiary/aromatic N) is 3. The fraction of sp³-hybridized carbons (Fsp3) is 0.167. The fourth-order valence-electron chi connectivity index (χ4n) is 2.60. The second-order valence-corrected chi connectivity index (χ2v) is 5.95. The number of alkyl halides is 1. The average Bonchev–Trinajstić information content (AvgIpc) is 2.66. The van der Waals surface area contributed by atoms with Gasteiger partial charge in [-0.2, -0.15) is 0 Å². The van der Waals surface area contributed by atoms with E-state index in [1.54, 1.807) is 31.2 Å². The zero-order valence-electron chi connectivity index (χ0n) is 13.9. The van der Waals surface area contributed by atoms with Gasteiger partial charge in [-0.15, -0.1) is 11.6 Å². The summed E-state index contributed by atoms with van der Waals surface area (Å²) in [5.74, 6) is -7.85. The van der Waals surface area contributed by atoms with Gasteiger partial charge in [-0.05, 0) is 13.0 Å². The molecule has 0 aliphatic carbocycles. The quantitative estimate of drug-likeness (QED) is 0.375. The van der Waals surface area contributed by atoms with Crippen molar-refractivity contribution in [3.05, 3.63) is 64.9 Å². The zero-order chi connectivity index (χ0) is 19.7. The van der Waals surface area contributed by atoms with E-state index in [9.17, 15) is 22.4 Å². The summed E-state index contributed by atoms with van der Waals surface area (Å²) in [6, 6.07) is 7.02. The Morgan fingerprint density at radius 1 is 1.07 bits per heavy atom. The molecule has 140 valence electrons. The van der Waals surface area contributed by atoms with Crippen molar-refractivity contribution in [2.75, 3.05) is 10.8 Å². The van der Waals surface area contributed by atoms with E-state index < -0.39 is 47.2 Å². The van der Waals surface area contributed by atoms with Gasteiger partial charge in [0.15, 0.2) is 23.3 Å². The molecule has 0 saturated heterocycles. The summed E-state index contributed by atoms with van der Waals surface area (Å²) >= 11 is 5.58. The van der Waals surface area contributed by atoms with Crippen molar-refractivity contribution in [2.24, 2.45) is 0 Å². The predicted octanol–water partition coefficient (Wildman–Crippen LogP) is 4.27. The van der Waals surface area contributed by atoms with E-state index in [2.05, 4.69) is 9.97 Å². The fourth-order valence-corrected chi connectivity index (χ4v) is 2.75. The van der Waals surface area contributed by atoms with Crippen LogP contribution in [0.15, 0.2) is 30.3 Å². The van der Waals surface area contributed by atoms with Gasteiger partial charge in [0.25, 0.3) is 0 Å². The van der Waals surface area contributed by atoms with E-state index in [0.29, 0.717) is 16.6 Å². The van der Waals surface area contributed by atoms with Crippen LogP contribution in [0, 0.1) is 30.2 Å². The average molecular weight is 398 g/mol. The number of aromatic nitrogens is 2. The van der Waals surface area contributed by atoms with Crippen LogP contribution in [0.5, 0.6) is 0 Å². The number of benzene rings is 2. The van der Waals surface area contributed by atoms with E-state index in [4.69, 9.17) is 11.6 Å². The minimum absolute atomic E-state index is 0.0958. The second kappa shape index (κ2) is 7.48. The van der Waals surface area contributed by atoms with Crippen LogP contribution in [-0.4, -0.2) is 21.8 Å². The third-order valence-electron chi connectivity index (χ3n) is 3.96. The third-order valence-corrected chi connectivity index (χ3v) is 4.19. The lowest BCUT2D eigenvalue weighted by atomic mass is 10.1. The smallest absolute Gasteiger partial charge is 0.244 e. The molecule has 2 aromatic carbocycles. The number of hydrogen-bond acceptors (Lipinski definition) is 3. The summed E-state index contributed by atoms with van der Waals surface area (Å²) in [5.41, 5.74) is 0.0356. The number of anilines is 1. The third kappa shape index (κ3) is 3.57. The van der Waals surface area contributed by atoms with Crippen LogP contribution in [0.4, 0.5) is 23.5 Å². The molecule has 1 heterocycles. The topological polar surface area (TPSA) is 46.1 Å². The Hall–Kier alpha value is -2.74. The number of fused-ring (bicyclic) bond motifs is 1. The van der Waals surface area contributed by atoms with Crippen LogP contribution in [0.25, 0.3) is 10.9 Å². The van der Waals surface area contributed by atoms with Gasteiger partial charge < -0.3 is 0 Å². The van der Waals surface area contributed by atoms with Crippen LogP contribution in [0.3, 0.4) is 0 Å². The Balaban J connectivity index is 2.13. The number of amides is 1. The molecule has 4 nitrogen and oxygen atoms in total. The van der Waals surface area contributed by atoms with E-state index in [1.807, 2.05) is 0 Å². The van der Waals surface area contributed by atoms with Crippen molar-refractivity contribution >= 4 is 34.4 Å². The highest BCUT2D eigenvalue weighted by Crippen LogP contribution is 2.25. The Kier molecular flexibility index (Phi) is 5.27. The summed E-state index contributed by atoms with van der Waals surface area (Å²) in [5, 5.41) is 0.716. The molecule has 0 N–H and O–H groups in total. The summed E-state index contributed by atoms with van der Waals surface area (Å²) < 4.78 is 55.0. The minimum Gasteiger partial charge on any atom is -0.275 e. The number of rotatable bonds is 4. The van der Waals surface area contributed by atoms with Crippen LogP contribution in [0.1, 0.15) is 11.3 Å². The largest absolute Gasteiger partial charge is 0.275 e. The van der Waals surface area contributed by atoms with Gasteiger partial charge in [-0.1, -0.05) is 18.2 Å². The summed E-state index contributed by atoms with van der Waals surface area (Å²) in [6.07, 6.45) is 0. The lowest BCUT2D eigenvalue weighted by Gasteiger charge is -2.21. The van der Waals surface area contributed by atoms with E-state index in [1.165, 1.54) is 0 Å². The highest BCUT2D eigenvalue weighted by Gasteiger charge is 2.26. The molecule has 3 aromatic rings. The molecule has 0 aliphatic heterocycles. The minimum atomic E-state index is -1.60. The van der Waals surface area contributed by atoms with Crippen LogP contribution < -0.4 is 4.90 Å². The molecule has 0 saturated carbocycles. The molecular weight excluding hydrogens is 386 g/mol. The van der Waals surface area contributed by atoms with Gasteiger partial charge >= 0.3 is 0 Å². The Morgan fingerprint density at radius 2 is 1.70 bits per heavy atom. The highest BCUT2D eigenvalue weighted by atomic mass is 35.5. The number of carbonyl (C=O) groups excluding carboxylic acids is 1. The van der Waals surface area contributed by atoms with Crippen LogP contribution >= 0.6 is 11.6 Å². The molecule has 0 radical (unpaired) electrons. The number of para-hydroxylation sites is 1. The van der Waals surface area contributed by atoms with Crippen molar-refractivity contribution in [2.45, 2.75) is 13.5 Å². The summed E-state index contributed by atoms with van der Waals surface area (Å²) in [7, 11) is 0. The maximum Gasteiger partial charge on any atom is 0.244 e. The van der Waals surface area contributed by atoms with Gasteiger partial charge in [0.2, 0.25) is 11.9 Å². The normalized spacial score (nSPS) is 11.0. The molecule has 0 atom stereocenters. The zero-order valence-corrected chi connectivity index (χ0v) is 14.7. The van der Waals surface area contributed by atoms with E-state index >= 15 is 0 Å². The first-order valence-corrected chi connectivity index (χ1v) is 8.28. The van der Waals surface area contributed by atoms with Gasteiger partial charge in [-0.25, -0.2) is 27.5 Å². The maximum atomic E-state index is 14.0. The molecule has 0 fully saturated rings. The van der Waals surface area contributed by atoms with Crippen LogP contribution in [-0.2, 0) is 11.3 Å². The molecule has 27 heavy (non-hydrogen) atoms. The Labute approximate surface area is 156 Å². The first kappa shape index (κ1) is 19.0. The van der Waals surface area contributed by atoms with Gasteiger partial charge in [0.1, 0.15) is 5.88 Å². The van der Waals surface area contributed by atoms with Crippen molar-refractivity contribution in [1.29, 1.82) is 0 Å². The molecule has 9 heteroatoms. The molecular formula is C18H12ClF4N3O. The molecule has 1 aromatic heterocycles. The van der Waals surface area contributed by atoms with Crippen molar-refractivity contribution in [1.82, 2.24) is 9.97 Å². The van der Waals surface area contributed by atoms with Gasteiger partial charge in [-0.3, -0.25) is 9.69 Å². The summed E-state index contributed by atoms with van der Waals surface area (Å²) in [6.45, 7) is 0.843. The Bertz CT molecular complexity index is 1020. The first-order chi connectivity index (χ1) is 12.8. The van der Waals surface area contributed by atoms with E-state index in [0.717, 1.165) is 4.90 Å². The van der Waals surface area contributed by atoms with Gasteiger partial charge in [0.05, 0.1) is 17.8 Å². The highest BCUT2D eigenvalue weighted by molar-refractivity contribution is 6.29. The molecule has 0 unspecified atom stereocenters. The molecule has 0 bridgehead atoms. The summed E-state index contributed by atoms with van der Waals surface area (Å²) in [4.78, 5) is 21.4. The lowest BCUT2D eigenvalue weighted by Crippen LogP contribution is -2.34. The van der Waals surface area contributed by atoms with Crippen molar-refractivity contribution < 1.29 is 22.4 Å². The second-order valence-electron chi connectivity index (χ2n) is 5.69. The number of halogens is 5. The number of aryl methyl sites for hydroxylation is 1. The molecule has 1 amide bonds. The molecule has 3 rings (SSSR count). The Morgan fingerprint density at radius 3 is 2.33 bits per heavy atom. The maximum absolute atomic E-state index is 14.0. The lowest BCUT2D eigenvalue weighted by molar-refractivity contribution is -0.116. The van der Waals surface area contributed by atoms with E-state index in [-0.39, 0.29) is 12.0 Å². The molecule has 0 aliphatic rings. The van der Waals surface area contributed by atoms with Crippen molar-refractivity contribution in [3.63, 3.8) is 0 Å². The number of hydrogen-bond donors (Lipinski definition) is 0. The SMILES string of the molecule is Cc1nc(N(Cc2c(F)c(F)cc(F)c2F)C(=O)CCl)nc2ccccc12. The van der Waals surface area contributed by atoms with Gasteiger partial charge in [0, 0.05) is 17.0 Å². The molecule has 0 spiro atoms.